The topological polar surface area (TPSA) is 106 Å². The van der Waals surface area contributed by atoms with Gasteiger partial charge in [0.15, 0.2) is 9.84 Å². The van der Waals surface area contributed by atoms with Gasteiger partial charge < -0.3 is 5.73 Å². The first-order chi connectivity index (χ1) is 9.73. The van der Waals surface area contributed by atoms with Gasteiger partial charge in [-0.25, -0.2) is 25.9 Å². The van der Waals surface area contributed by atoms with Crippen molar-refractivity contribution in [3.8, 4) is 0 Å². The second kappa shape index (κ2) is 5.99. The summed E-state index contributed by atoms with van der Waals surface area (Å²) in [6.07, 6.45) is 0.885. The first-order valence-corrected chi connectivity index (χ1v) is 9.75. The van der Waals surface area contributed by atoms with Crippen LogP contribution in [0.5, 0.6) is 0 Å². The van der Waals surface area contributed by atoms with Crippen molar-refractivity contribution < 1.29 is 21.2 Å². The minimum Gasteiger partial charge on any atom is -0.326 e. The van der Waals surface area contributed by atoms with Crippen LogP contribution in [0.2, 0.25) is 0 Å². The van der Waals surface area contributed by atoms with Crippen LogP contribution in [0.25, 0.3) is 0 Å². The molecule has 1 aromatic rings. The second-order valence-electron chi connectivity index (χ2n) is 5.03. The lowest BCUT2D eigenvalue weighted by molar-refractivity contribution is 0.517. The maximum absolute atomic E-state index is 13.3. The summed E-state index contributed by atoms with van der Waals surface area (Å²) in [6, 6.07) is 2.68. The highest BCUT2D eigenvalue weighted by atomic mass is 32.2. The molecule has 21 heavy (non-hydrogen) atoms. The molecular formula is C12H17FN2O4S2. The van der Waals surface area contributed by atoms with Crippen LogP contribution in [0.1, 0.15) is 18.4 Å². The number of rotatable bonds is 4. The number of halogens is 1. The fraction of sp³-hybridized carbons (Fsp3) is 0.500. The van der Waals surface area contributed by atoms with E-state index >= 15 is 0 Å². The van der Waals surface area contributed by atoms with Crippen molar-refractivity contribution in [1.82, 2.24) is 4.72 Å². The van der Waals surface area contributed by atoms with E-state index in [4.69, 9.17) is 5.73 Å². The van der Waals surface area contributed by atoms with Crippen molar-refractivity contribution in [2.45, 2.75) is 30.3 Å². The summed E-state index contributed by atoms with van der Waals surface area (Å²) in [6.45, 7) is -0.118. The summed E-state index contributed by atoms with van der Waals surface area (Å²) in [5.74, 6) is -0.701. The zero-order chi connectivity index (χ0) is 15.7. The van der Waals surface area contributed by atoms with Gasteiger partial charge in [-0.15, -0.1) is 0 Å². The Morgan fingerprint density at radius 2 is 2.10 bits per heavy atom. The molecule has 0 aromatic heterocycles. The second-order valence-corrected chi connectivity index (χ2v) is 8.97. The number of benzene rings is 1. The third-order valence-corrected chi connectivity index (χ3v) is 6.67. The van der Waals surface area contributed by atoms with Gasteiger partial charge in [-0.1, -0.05) is 0 Å². The van der Waals surface area contributed by atoms with Gasteiger partial charge in [0.1, 0.15) is 5.82 Å². The Labute approximate surface area is 123 Å². The van der Waals surface area contributed by atoms with E-state index < -0.39 is 31.7 Å². The lowest BCUT2D eigenvalue weighted by Crippen LogP contribution is -2.43. The number of nitrogens with one attached hydrogen (secondary N) is 1. The molecule has 1 aromatic carbocycles. The van der Waals surface area contributed by atoms with E-state index in [2.05, 4.69) is 4.72 Å². The van der Waals surface area contributed by atoms with Crippen LogP contribution in [0.15, 0.2) is 23.1 Å². The van der Waals surface area contributed by atoms with Crippen molar-refractivity contribution in [2.24, 2.45) is 5.73 Å². The van der Waals surface area contributed by atoms with Crippen LogP contribution in [0.4, 0.5) is 4.39 Å². The van der Waals surface area contributed by atoms with Crippen LogP contribution in [-0.2, 0) is 26.4 Å². The average Bonchev–Trinajstić information content (AvgIpc) is 2.37. The molecule has 0 aliphatic carbocycles. The minimum absolute atomic E-state index is 0.0824. The molecule has 0 saturated carbocycles. The Morgan fingerprint density at radius 3 is 2.71 bits per heavy atom. The van der Waals surface area contributed by atoms with E-state index in [1.807, 2.05) is 0 Å². The van der Waals surface area contributed by atoms with Crippen molar-refractivity contribution in [2.75, 3.05) is 11.5 Å². The third kappa shape index (κ3) is 4.00. The Balaban J connectivity index is 2.22. The van der Waals surface area contributed by atoms with E-state index in [0.717, 1.165) is 18.2 Å². The fourth-order valence-electron chi connectivity index (χ4n) is 2.28. The number of nitrogens with two attached hydrogens (primary N) is 1. The van der Waals surface area contributed by atoms with Crippen molar-refractivity contribution in [3.63, 3.8) is 0 Å². The normalized spacial score (nSPS) is 22.1. The number of sulfonamides is 1. The van der Waals surface area contributed by atoms with E-state index in [1.54, 1.807) is 0 Å². The van der Waals surface area contributed by atoms with E-state index in [0.29, 0.717) is 12.8 Å². The lowest BCUT2D eigenvalue weighted by atomic mass is 10.2. The minimum atomic E-state index is -3.90. The highest BCUT2D eigenvalue weighted by molar-refractivity contribution is 7.91. The van der Waals surface area contributed by atoms with Gasteiger partial charge in [0.25, 0.3) is 0 Å². The maximum atomic E-state index is 13.3. The van der Waals surface area contributed by atoms with Crippen LogP contribution in [0, 0.1) is 5.82 Å². The van der Waals surface area contributed by atoms with Crippen LogP contribution < -0.4 is 10.5 Å². The largest absolute Gasteiger partial charge is 0.326 e. The monoisotopic (exact) mass is 336 g/mol. The standard InChI is InChI=1S/C12H17FN2O4S2/c13-12-4-3-11(6-9(12)7-14)21(18,19)15-10-2-1-5-20(16,17)8-10/h3-4,6,10,15H,1-2,5,7-8,14H2. The van der Waals surface area contributed by atoms with Crippen LogP contribution in [-0.4, -0.2) is 34.4 Å². The molecular weight excluding hydrogens is 319 g/mol. The van der Waals surface area contributed by atoms with E-state index in [1.165, 1.54) is 0 Å². The molecule has 0 radical (unpaired) electrons. The summed E-state index contributed by atoms with van der Waals surface area (Å²) in [4.78, 5) is -0.118. The molecule has 118 valence electrons. The maximum Gasteiger partial charge on any atom is 0.240 e. The summed E-state index contributed by atoms with van der Waals surface area (Å²) < 4.78 is 63.2. The Morgan fingerprint density at radius 1 is 1.38 bits per heavy atom. The predicted octanol–water partition coefficient (Wildman–Crippen LogP) is 0.140. The summed E-state index contributed by atoms with van der Waals surface area (Å²) in [5, 5.41) is 0. The lowest BCUT2D eigenvalue weighted by Gasteiger charge is -2.23. The molecule has 0 bridgehead atoms. The van der Waals surface area contributed by atoms with E-state index in [-0.39, 0.29) is 28.5 Å². The Hall–Kier alpha value is -1.03. The summed E-state index contributed by atoms with van der Waals surface area (Å²) >= 11 is 0. The average molecular weight is 336 g/mol. The molecule has 2 rings (SSSR count). The Bertz CT molecular complexity index is 732. The van der Waals surface area contributed by atoms with E-state index in [9.17, 15) is 21.2 Å². The molecule has 1 saturated heterocycles. The zero-order valence-corrected chi connectivity index (χ0v) is 12.9. The highest BCUT2D eigenvalue weighted by Crippen LogP contribution is 2.18. The third-order valence-electron chi connectivity index (χ3n) is 3.33. The van der Waals surface area contributed by atoms with Gasteiger partial charge >= 0.3 is 0 Å². The van der Waals surface area contributed by atoms with Gasteiger partial charge in [0, 0.05) is 18.2 Å². The van der Waals surface area contributed by atoms with Gasteiger partial charge in [-0.2, -0.15) is 0 Å². The molecule has 1 heterocycles. The van der Waals surface area contributed by atoms with Gasteiger partial charge in [0.05, 0.1) is 16.4 Å². The molecule has 0 spiro atoms. The van der Waals surface area contributed by atoms with Crippen molar-refractivity contribution >= 4 is 19.9 Å². The number of sulfone groups is 1. The molecule has 1 unspecified atom stereocenters. The quantitative estimate of drug-likeness (QED) is 0.813. The van der Waals surface area contributed by atoms with Crippen molar-refractivity contribution in [1.29, 1.82) is 0 Å². The fourth-order valence-corrected chi connectivity index (χ4v) is 5.34. The van der Waals surface area contributed by atoms with Crippen LogP contribution in [0.3, 0.4) is 0 Å². The molecule has 1 atom stereocenters. The summed E-state index contributed by atoms with van der Waals surface area (Å²) in [7, 11) is -7.11. The molecule has 1 aliphatic heterocycles. The van der Waals surface area contributed by atoms with Gasteiger partial charge in [-0.3, -0.25) is 0 Å². The zero-order valence-electron chi connectivity index (χ0n) is 11.2. The number of hydrogen-bond donors (Lipinski definition) is 2. The molecule has 9 heteroatoms. The smallest absolute Gasteiger partial charge is 0.240 e. The molecule has 1 fully saturated rings. The first kappa shape index (κ1) is 16.3. The SMILES string of the molecule is NCc1cc(S(=O)(=O)NC2CCCS(=O)(=O)C2)ccc1F. The molecule has 1 aliphatic rings. The van der Waals surface area contributed by atoms with Crippen molar-refractivity contribution in [3.05, 3.63) is 29.6 Å². The molecule has 6 nitrogen and oxygen atoms in total. The molecule has 0 amide bonds. The molecule has 3 N–H and O–H groups in total. The summed E-state index contributed by atoms with van der Waals surface area (Å²) in [5.41, 5.74) is 5.44. The predicted molar refractivity (Wildman–Crippen MR) is 76.3 cm³/mol. The first-order valence-electron chi connectivity index (χ1n) is 6.45. The number of hydrogen-bond acceptors (Lipinski definition) is 5. The highest BCUT2D eigenvalue weighted by Gasteiger charge is 2.28. The Kier molecular flexibility index (Phi) is 4.66. The van der Waals surface area contributed by atoms with Gasteiger partial charge in [-0.05, 0) is 31.0 Å². The van der Waals surface area contributed by atoms with Crippen LogP contribution >= 0.6 is 0 Å². The van der Waals surface area contributed by atoms with Gasteiger partial charge in [0.2, 0.25) is 10.0 Å².